The van der Waals surface area contributed by atoms with Crippen molar-refractivity contribution >= 4 is 10.0 Å². The Morgan fingerprint density at radius 3 is 1.77 bits per heavy atom. The summed E-state index contributed by atoms with van der Waals surface area (Å²) in [5.41, 5.74) is 1.77. The van der Waals surface area contributed by atoms with Crippen LogP contribution >= 0.6 is 0 Å². The van der Waals surface area contributed by atoms with E-state index in [-0.39, 0.29) is 5.92 Å². The maximum Gasteiger partial charge on any atom is 0.416 e. The van der Waals surface area contributed by atoms with Crippen LogP contribution in [0.25, 0.3) is 11.1 Å². The summed E-state index contributed by atoms with van der Waals surface area (Å²) < 4.78 is 64.1. The second-order valence-electron chi connectivity index (χ2n) is 6.54. The van der Waals surface area contributed by atoms with E-state index in [1.165, 1.54) is 12.1 Å². The molecule has 1 unspecified atom stereocenters. The van der Waals surface area contributed by atoms with Crippen LogP contribution in [0.2, 0.25) is 0 Å². The molecule has 0 aromatic heterocycles. The van der Waals surface area contributed by atoms with E-state index >= 15 is 0 Å². The molecule has 0 saturated carbocycles. The first-order valence-corrected chi connectivity index (χ1v) is 9.81. The molecule has 2 aromatic rings. The van der Waals surface area contributed by atoms with Crippen LogP contribution in [0.1, 0.15) is 37.8 Å². The number of rotatable bonds is 6. The minimum Gasteiger partial charge on any atom is -0.214 e. The molecule has 3 nitrogen and oxygen atoms in total. The summed E-state index contributed by atoms with van der Waals surface area (Å²) in [5, 5.41) is -0.489. The third-order valence-electron chi connectivity index (χ3n) is 4.24. The van der Waals surface area contributed by atoms with Gasteiger partial charge in [-0.1, -0.05) is 43.3 Å². The van der Waals surface area contributed by atoms with Crippen LogP contribution in [-0.4, -0.2) is 20.2 Å². The molecule has 0 saturated heterocycles. The molecule has 2 rings (SSSR count). The van der Waals surface area contributed by atoms with Crippen LogP contribution in [0.4, 0.5) is 13.2 Å². The predicted octanol–water partition coefficient (Wildman–Crippen LogP) is 4.80. The Hall–Kier alpha value is -1.86. The number of halogens is 3. The van der Waals surface area contributed by atoms with Gasteiger partial charge in [-0.2, -0.15) is 13.2 Å². The molecular formula is C19H22F3NO2S. The average molecular weight is 385 g/mol. The Morgan fingerprint density at radius 2 is 1.35 bits per heavy atom. The van der Waals surface area contributed by atoms with Gasteiger partial charge in [0.25, 0.3) is 0 Å². The third kappa shape index (κ3) is 5.08. The van der Waals surface area contributed by atoms with Crippen molar-refractivity contribution in [3.63, 3.8) is 0 Å². The Bertz CT molecular complexity index is 827. The topological polar surface area (TPSA) is 46.2 Å². The lowest BCUT2D eigenvalue weighted by atomic mass is 9.97. The van der Waals surface area contributed by atoms with Gasteiger partial charge in [0.15, 0.2) is 0 Å². The van der Waals surface area contributed by atoms with E-state index < -0.39 is 27.0 Å². The van der Waals surface area contributed by atoms with Crippen LogP contribution in [-0.2, 0) is 16.2 Å². The van der Waals surface area contributed by atoms with Gasteiger partial charge in [0.05, 0.1) is 10.8 Å². The Kier molecular flexibility index (Phi) is 6.13. The molecule has 0 radical (unpaired) electrons. The lowest BCUT2D eigenvalue weighted by molar-refractivity contribution is -0.137. The minimum absolute atomic E-state index is 0.0230. The summed E-state index contributed by atoms with van der Waals surface area (Å²) in [7, 11) is -3.31. The molecule has 0 aliphatic carbocycles. The van der Waals surface area contributed by atoms with Gasteiger partial charge in [-0.3, -0.25) is 0 Å². The minimum atomic E-state index is -4.35. The number of benzene rings is 2. The van der Waals surface area contributed by atoms with Crippen molar-refractivity contribution in [3.05, 3.63) is 59.7 Å². The molecule has 1 N–H and O–H groups in total. The van der Waals surface area contributed by atoms with E-state index in [1.807, 2.05) is 31.2 Å². The fourth-order valence-corrected chi connectivity index (χ4v) is 3.20. The molecule has 2 aromatic carbocycles. The van der Waals surface area contributed by atoms with E-state index in [4.69, 9.17) is 0 Å². The summed E-state index contributed by atoms with van der Waals surface area (Å²) in [6, 6.07) is 12.4. The summed E-state index contributed by atoms with van der Waals surface area (Å²) in [5.74, 6) is -0.0230. The molecular weight excluding hydrogens is 363 g/mol. The second-order valence-corrected chi connectivity index (χ2v) is 8.86. The molecule has 0 fully saturated rings. The molecule has 7 heteroatoms. The third-order valence-corrected chi connectivity index (χ3v) is 6.05. The first-order chi connectivity index (χ1) is 12.0. The van der Waals surface area contributed by atoms with Gasteiger partial charge in [-0.05, 0) is 48.6 Å². The number of sulfonamides is 1. The number of hydrogen-bond donors (Lipinski definition) is 1. The maximum absolute atomic E-state index is 12.6. The van der Waals surface area contributed by atoms with Crippen molar-refractivity contribution in [2.24, 2.45) is 0 Å². The second kappa shape index (κ2) is 7.80. The van der Waals surface area contributed by atoms with Crippen LogP contribution in [0, 0.1) is 0 Å². The molecule has 142 valence electrons. The van der Waals surface area contributed by atoms with Gasteiger partial charge < -0.3 is 0 Å². The molecule has 0 aliphatic rings. The van der Waals surface area contributed by atoms with Gasteiger partial charge in [-0.15, -0.1) is 0 Å². The van der Waals surface area contributed by atoms with Crippen LogP contribution < -0.4 is 4.72 Å². The summed E-state index contributed by atoms with van der Waals surface area (Å²) >= 11 is 0. The van der Waals surface area contributed by atoms with Crippen molar-refractivity contribution in [2.45, 2.75) is 38.1 Å². The van der Waals surface area contributed by atoms with Crippen molar-refractivity contribution < 1.29 is 21.6 Å². The molecule has 0 amide bonds. The number of hydrogen-bond acceptors (Lipinski definition) is 2. The zero-order chi connectivity index (χ0) is 19.5. The molecule has 1 atom stereocenters. The van der Waals surface area contributed by atoms with Crippen LogP contribution in [0.3, 0.4) is 0 Å². The quantitative estimate of drug-likeness (QED) is 0.776. The van der Waals surface area contributed by atoms with E-state index in [1.54, 1.807) is 13.8 Å². The van der Waals surface area contributed by atoms with Gasteiger partial charge >= 0.3 is 6.18 Å². The van der Waals surface area contributed by atoms with E-state index in [0.717, 1.165) is 23.3 Å². The fourth-order valence-electron chi connectivity index (χ4n) is 2.38. The first-order valence-electron chi connectivity index (χ1n) is 8.27. The first kappa shape index (κ1) is 20.5. The SMILES string of the molecule is CC(CNS(=O)(=O)C(C)C)c1ccc(-c2ccc(C(F)(F)F)cc2)cc1. The summed E-state index contributed by atoms with van der Waals surface area (Å²) in [6.07, 6.45) is -4.35. The lowest BCUT2D eigenvalue weighted by Crippen LogP contribution is -2.33. The monoisotopic (exact) mass is 385 g/mol. The highest BCUT2D eigenvalue weighted by Gasteiger charge is 2.29. The van der Waals surface area contributed by atoms with E-state index in [2.05, 4.69) is 4.72 Å². The normalized spacial score (nSPS) is 13.8. The van der Waals surface area contributed by atoms with Gasteiger partial charge in [0, 0.05) is 6.54 Å². The van der Waals surface area contributed by atoms with Crippen LogP contribution in [0.15, 0.2) is 48.5 Å². The fraction of sp³-hybridized carbons (Fsp3) is 0.368. The zero-order valence-electron chi connectivity index (χ0n) is 14.8. The molecule has 26 heavy (non-hydrogen) atoms. The van der Waals surface area contributed by atoms with Gasteiger partial charge in [0.2, 0.25) is 10.0 Å². The summed E-state index contributed by atoms with van der Waals surface area (Å²) in [4.78, 5) is 0. The van der Waals surface area contributed by atoms with E-state index in [0.29, 0.717) is 12.1 Å². The highest BCUT2D eigenvalue weighted by atomic mass is 32.2. The largest absolute Gasteiger partial charge is 0.416 e. The van der Waals surface area contributed by atoms with Crippen molar-refractivity contribution in [1.29, 1.82) is 0 Å². The maximum atomic E-state index is 12.6. The smallest absolute Gasteiger partial charge is 0.214 e. The molecule has 0 bridgehead atoms. The van der Waals surface area contributed by atoms with E-state index in [9.17, 15) is 21.6 Å². The standard InChI is InChI=1S/C19H22F3NO2S/c1-13(2)26(24,25)23-12-14(3)15-4-6-16(7-5-15)17-8-10-18(11-9-17)19(20,21)22/h4-11,13-14,23H,12H2,1-3H3. The van der Waals surface area contributed by atoms with Crippen LogP contribution in [0.5, 0.6) is 0 Å². The predicted molar refractivity (Wildman–Crippen MR) is 97.4 cm³/mol. The lowest BCUT2D eigenvalue weighted by Gasteiger charge is -2.15. The number of alkyl halides is 3. The van der Waals surface area contributed by atoms with Gasteiger partial charge in [-0.25, -0.2) is 13.1 Å². The Labute approximate surface area is 152 Å². The average Bonchev–Trinajstić information content (AvgIpc) is 2.59. The summed E-state index contributed by atoms with van der Waals surface area (Å²) in [6.45, 7) is 5.44. The van der Waals surface area contributed by atoms with Crippen molar-refractivity contribution in [2.75, 3.05) is 6.54 Å². The zero-order valence-corrected chi connectivity index (χ0v) is 15.7. The van der Waals surface area contributed by atoms with Gasteiger partial charge in [0.1, 0.15) is 0 Å². The molecule has 0 spiro atoms. The highest BCUT2D eigenvalue weighted by molar-refractivity contribution is 7.90. The number of nitrogens with one attached hydrogen (secondary N) is 1. The molecule has 0 heterocycles. The Balaban J connectivity index is 2.08. The Morgan fingerprint density at radius 1 is 0.885 bits per heavy atom. The van der Waals surface area contributed by atoms with Crippen molar-refractivity contribution in [1.82, 2.24) is 4.72 Å². The molecule has 0 aliphatic heterocycles. The van der Waals surface area contributed by atoms with Crippen molar-refractivity contribution in [3.8, 4) is 11.1 Å². The highest BCUT2D eigenvalue weighted by Crippen LogP contribution is 2.31.